The molecule has 0 aliphatic heterocycles. The van der Waals surface area contributed by atoms with Crippen LogP contribution in [0.1, 0.15) is 25.6 Å². The summed E-state index contributed by atoms with van der Waals surface area (Å²) in [5.74, 6) is 1.25. The van der Waals surface area contributed by atoms with Crippen molar-refractivity contribution in [3.8, 4) is 11.3 Å². The van der Waals surface area contributed by atoms with E-state index in [1.807, 2.05) is 11.5 Å². The number of nitrogens with zero attached hydrogens (tertiary/aromatic N) is 2. The molecule has 0 fully saturated rings. The fourth-order valence-electron chi connectivity index (χ4n) is 2.04. The van der Waals surface area contributed by atoms with Crippen LogP contribution in [0.2, 0.25) is 0 Å². The molecule has 19 heavy (non-hydrogen) atoms. The minimum absolute atomic E-state index is 0.288. The molecule has 0 aliphatic rings. The molecule has 1 heterocycles. The zero-order chi connectivity index (χ0) is 14.0. The van der Waals surface area contributed by atoms with Crippen LogP contribution in [-0.4, -0.2) is 9.55 Å². The average molecular weight is 326 g/mol. The maximum Gasteiger partial charge on any atom is 0.137 e. The zero-order valence-corrected chi connectivity index (χ0v) is 12.7. The molecule has 0 saturated heterocycles. The van der Waals surface area contributed by atoms with Gasteiger partial charge in [-0.05, 0) is 47.5 Å². The second-order valence-corrected chi connectivity index (χ2v) is 5.38. The first-order valence-corrected chi connectivity index (χ1v) is 7.12. The Balaban J connectivity index is 2.42. The summed E-state index contributed by atoms with van der Waals surface area (Å²) in [4.78, 5) is 4.50. The van der Waals surface area contributed by atoms with Crippen molar-refractivity contribution in [2.45, 2.75) is 33.2 Å². The van der Waals surface area contributed by atoms with Crippen LogP contribution < -0.4 is 5.73 Å². The number of nitrogen functional groups attached to an aromatic ring is 1. The zero-order valence-electron chi connectivity index (χ0n) is 11.1. The lowest BCUT2D eigenvalue weighted by Gasteiger charge is -2.06. The van der Waals surface area contributed by atoms with E-state index in [9.17, 15) is 4.39 Å². The highest BCUT2D eigenvalue weighted by Crippen LogP contribution is 2.29. The van der Waals surface area contributed by atoms with Crippen LogP contribution >= 0.6 is 15.9 Å². The summed E-state index contributed by atoms with van der Waals surface area (Å²) in [5.41, 5.74) is 7.70. The van der Waals surface area contributed by atoms with Crippen LogP contribution in [0, 0.1) is 12.7 Å². The van der Waals surface area contributed by atoms with E-state index in [0.29, 0.717) is 16.0 Å². The van der Waals surface area contributed by atoms with E-state index >= 15 is 0 Å². The molecular formula is C14H17BrFN3. The second kappa shape index (κ2) is 5.74. The van der Waals surface area contributed by atoms with E-state index < -0.39 is 0 Å². The molecule has 2 N–H and O–H groups in total. The van der Waals surface area contributed by atoms with Gasteiger partial charge in [-0.25, -0.2) is 9.37 Å². The molecule has 0 bridgehead atoms. The molecular weight excluding hydrogens is 309 g/mol. The number of unbranched alkanes of at least 4 members (excludes halogenated alkanes) is 1. The molecule has 2 aromatic rings. The van der Waals surface area contributed by atoms with E-state index in [1.54, 1.807) is 12.1 Å². The Labute approximate surface area is 120 Å². The predicted octanol–water partition coefficient (Wildman–Crippen LogP) is 4.14. The molecule has 1 aromatic carbocycles. The Hall–Kier alpha value is -1.36. The molecule has 0 amide bonds. The van der Waals surface area contributed by atoms with Gasteiger partial charge in [-0.3, -0.25) is 0 Å². The number of aromatic nitrogens is 2. The van der Waals surface area contributed by atoms with Gasteiger partial charge in [0.1, 0.15) is 23.2 Å². The van der Waals surface area contributed by atoms with E-state index in [2.05, 4.69) is 27.8 Å². The fraction of sp³-hybridized carbons (Fsp3) is 0.357. The minimum atomic E-state index is -0.288. The summed E-state index contributed by atoms with van der Waals surface area (Å²) >= 11 is 3.18. The van der Waals surface area contributed by atoms with Gasteiger partial charge in [0.15, 0.2) is 0 Å². The summed E-state index contributed by atoms with van der Waals surface area (Å²) in [6.07, 6.45) is 2.17. The Morgan fingerprint density at radius 3 is 2.79 bits per heavy atom. The van der Waals surface area contributed by atoms with Gasteiger partial charge in [0.2, 0.25) is 0 Å². The van der Waals surface area contributed by atoms with Crippen molar-refractivity contribution in [3.63, 3.8) is 0 Å². The normalized spacial score (nSPS) is 10.9. The van der Waals surface area contributed by atoms with Crippen LogP contribution in [0.4, 0.5) is 10.2 Å². The van der Waals surface area contributed by atoms with Gasteiger partial charge in [-0.2, -0.15) is 0 Å². The summed E-state index contributed by atoms with van der Waals surface area (Å²) in [5, 5.41) is 0. The average Bonchev–Trinajstić information content (AvgIpc) is 2.66. The third-order valence-corrected chi connectivity index (χ3v) is 3.73. The molecule has 0 radical (unpaired) electrons. The summed E-state index contributed by atoms with van der Waals surface area (Å²) < 4.78 is 15.7. The van der Waals surface area contributed by atoms with Crippen molar-refractivity contribution < 1.29 is 4.39 Å². The molecule has 102 valence electrons. The highest BCUT2D eigenvalue weighted by molar-refractivity contribution is 9.10. The largest absolute Gasteiger partial charge is 0.383 e. The number of halogens is 2. The number of nitrogens with two attached hydrogens (primary N) is 1. The van der Waals surface area contributed by atoms with Crippen molar-refractivity contribution >= 4 is 21.7 Å². The molecule has 0 atom stereocenters. The van der Waals surface area contributed by atoms with E-state index in [-0.39, 0.29) is 5.82 Å². The molecule has 0 aliphatic carbocycles. The van der Waals surface area contributed by atoms with E-state index in [0.717, 1.165) is 30.8 Å². The third kappa shape index (κ3) is 2.81. The Kier molecular flexibility index (Phi) is 4.24. The first-order valence-electron chi connectivity index (χ1n) is 6.32. The van der Waals surface area contributed by atoms with Crippen molar-refractivity contribution in [1.82, 2.24) is 9.55 Å². The Morgan fingerprint density at radius 1 is 1.42 bits per heavy atom. The first kappa shape index (κ1) is 14.1. The van der Waals surface area contributed by atoms with Gasteiger partial charge < -0.3 is 10.3 Å². The lowest BCUT2D eigenvalue weighted by atomic mass is 10.1. The number of aryl methyl sites for hydroxylation is 1. The number of anilines is 1. The number of rotatable bonds is 4. The predicted molar refractivity (Wildman–Crippen MR) is 79.4 cm³/mol. The molecule has 0 saturated carbocycles. The van der Waals surface area contributed by atoms with Crippen LogP contribution in [0.3, 0.4) is 0 Å². The highest BCUT2D eigenvalue weighted by atomic mass is 79.9. The maximum absolute atomic E-state index is 13.3. The highest BCUT2D eigenvalue weighted by Gasteiger charge is 2.14. The van der Waals surface area contributed by atoms with Crippen molar-refractivity contribution in [1.29, 1.82) is 0 Å². The molecule has 0 spiro atoms. The first-order chi connectivity index (χ1) is 9.04. The fourth-order valence-corrected chi connectivity index (χ4v) is 2.41. The van der Waals surface area contributed by atoms with E-state index in [1.165, 1.54) is 6.07 Å². The van der Waals surface area contributed by atoms with Gasteiger partial charge in [0, 0.05) is 12.1 Å². The van der Waals surface area contributed by atoms with Gasteiger partial charge in [0.05, 0.1) is 4.47 Å². The molecule has 5 heteroatoms. The maximum atomic E-state index is 13.3. The molecule has 2 rings (SSSR count). The monoisotopic (exact) mass is 325 g/mol. The van der Waals surface area contributed by atoms with Crippen LogP contribution in [0.5, 0.6) is 0 Å². The number of hydrogen-bond donors (Lipinski definition) is 1. The lowest BCUT2D eigenvalue weighted by molar-refractivity contribution is 0.621. The smallest absolute Gasteiger partial charge is 0.137 e. The topological polar surface area (TPSA) is 43.8 Å². The SMILES string of the molecule is CCCCn1c(C)nc(-c2ccc(F)c(Br)c2)c1N. The molecule has 3 nitrogen and oxygen atoms in total. The Bertz CT molecular complexity index is 593. The van der Waals surface area contributed by atoms with Gasteiger partial charge in [0.25, 0.3) is 0 Å². The van der Waals surface area contributed by atoms with Crippen LogP contribution in [-0.2, 0) is 6.54 Å². The number of benzene rings is 1. The summed E-state index contributed by atoms with van der Waals surface area (Å²) in [6, 6.07) is 4.82. The molecule has 0 unspecified atom stereocenters. The summed E-state index contributed by atoms with van der Waals surface area (Å²) in [6.45, 7) is 4.94. The minimum Gasteiger partial charge on any atom is -0.383 e. The van der Waals surface area contributed by atoms with Crippen molar-refractivity contribution in [3.05, 3.63) is 34.3 Å². The number of imidazole rings is 1. The van der Waals surface area contributed by atoms with E-state index in [4.69, 9.17) is 5.73 Å². The quantitative estimate of drug-likeness (QED) is 0.917. The third-order valence-electron chi connectivity index (χ3n) is 3.13. The van der Waals surface area contributed by atoms with Crippen LogP contribution in [0.15, 0.2) is 22.7 Å². The van der Waals surface area contributed by atoms with Crippen molar-refractivity contribution in [2.24, 2.45) is 0 Å². The Morgan fingerprint density at radius 2 is 2.16 bits per heavy atom. The second-order valence-electron chi connectivity index (χ2n) is 4.53. The molecule has 1 aromatic heterocycles. The summed E-state index contributed by atoms with van der Waals surface area (Å²) in [7, 11) is 0. The van der Waals surface area contributed by atoms with Gasteiger partial charge in [-0.15, -0.1) is 0 Å². The van der Waals surface area contributed by atoms with Crippen molar-refractivity contribution in [2.75, 3.05) is 5.73 Å². The van der Waals surface area contributed by atoms with Gasteiger partial charge in [-0.1, -0.05) is 13.3 Å². The lowest BCUT2D eigenvalue weighted by Crippen LogP contribution is -2.04. The van der Waals surface area contributed by atoms with Crippen LogP contribution in [0.25, 0.3) is 11.3 Å². The number of hydrogen-bond acceptors (Lipinski definition) is 2. The van der Waals surface area contributed by atoms with Gasteiger partial charge >= 0.3 is 0 Å². The standard InChI is InChI=1S/C14H17BrFN3/c1-3-4-7-19-9(2)18-13(14(19)17)10-5-6-12(16)11(15)8-10/h5-6,8H,3-4,7,17H2,1-2H3.